The summed E-state index contributed by atoms with van der Waals surface area (Å²) in [6.07, 6.45) is 8.40. The molecule has 0 bridgehead atoms. The van der Waals surface area contributed by atoms with Crippen molar-refractivity contribution in [3.63, 3.8) is 0 Å². The summed E-state index contributed by atoms with van der Waals surface area (Å²) in [7, 11) is 0. The fraction of sp³-hybridized carbons (Fsp3) is 0.842. The van der Waals surface area contributed by atoms with Gasteiger partial charge in [-0.05, 0) is 19.3 Å². The molecule has 1 N–H and O–H groups in total. The van der Waals surface area contributed by atoms with Gasteiger partial charge in [0.15, 0.2) is 5.13 Å². The third kappa shape index (κ3) is 4.39. The molecule has 1 aromatic heterocycles. The Morgan fingerprint density at radius 3 is 2.73 bits per heavy atom. The van der Waals surface area contributed by atoms with Crippen LogP contribution < -0.4 is 4.90 Å². The maximum absolute atomic E-state index is 9.53. The highest BCUT2D eigenvalue weighted by molar-refractivity contribution is 7.15. The molecule has 0 aromatic carbocycles. The summed E-state index contributed by atoms with van der Waals surface area (Å²) in [5.74, 6) is 0. The molecule has 1 aliphatic carbocycles. The van der Waals surface area contributed by atoms with Crippen molar-refractivity contribution < 1.29 is 9.84 Å². The quantitative estimate of drug-likeness (QED) is 0.812. The van der Waals surface area contributed by atoms with Gasteiger partial charge in [-0.25, -0.2) is 4.98 Å². The zero-order valence-electron chi connectivity index (χ0n) is 15.7. The first-order valence-electron chi connectivity index (χ1n) is 10.2. The van der Waals surface area contributed by atoms with E-state index < -0.39 is 0 Å². The molecule has 0 amide bonds. The third-order valence-electron chi connectivity index (χ3n) is 6.07. The lowest BCUT2D eigenvalue weighted by Gasteiger charge is -2.44. The highest BCUT2D eigenvalue weighted by atomic mass is 32.1. The Bertz CT molecular complexity index is 557. The van der Waals surface area contributed by atoms with Gasteiger partial charge < -0.3 is 14.7 Å². The maximum atomic E-state index is 9.53. The minimum Gasteiger partial charge on any atom is -0.396 e. The minimum absolute atomic E-state index is 0.295. The molecule has 0 spiro atoms. The van der Waals surface area contributed by atoms with E-state index in [1.165, 1.54) is 30.6 Å². The zero-order chi connectivity index (χ0) is 17.8. The number of aliphatic hydroxyl groups is 1. The number of ether oxygens (including phenoxy) is 1. The first kappa shape index (κ1) is 18.6. The summed E-state index contributed by atoms with van der Waals surface area (Å²) >= 11 is 1.83. The fourth-order valence-corrected chi connectivity index (χ4v) is 5.70. The lowest BCUT2D eigenvalue weighted by atomic mass is 10.0. The van der Waals surface area contributed by atoms with Crippen LogP contribution in [-0.2, 0) is 11.3 Å². The molecule has 26 heavy (non-hydrogen) atoms. The SMILES string of the molecule is OCC[C@H]1CN(Cc2cnc(N3CCOCC3)s2)CCN1C1CCCC1. The number of thiazole rings is 1. The van der Waals surface area contributed by atoms with Gasteiger partial charge in [-0.2, -0.15) is 0 Å². The summed E-state index contributed by atoms with van der Waals surface area (Å²) < 4.78 is 5.44. The first-order valence-corrected chi connectivity index (χ1v) is 11.0. The van der Waals surface area contributed by atoms with Gasteiger partial charge >= 0.3 is 0 Å². The van der Waals surface area contributed by atoms with Crippen molar-refractivity contribution in [2.45, 2.75) is 50.7 Å². The third-order valence-corrected chi connectivity index (χ3v) is 7.11. The molecule has 0 radical (unpaired) electrons. The van der Waals surface area contributed by atoms with E-state index in [1.54, 1.807) is 0 Å². The molecular formula is C19H32N4O2S. The van der Waals surface area contributed by atoms with Crippen LogP contribution in [0.25, 0.3) is 0 Å². The minimum atomic E-state index is 0.295. The van der Waals surface area contributed by atoms with Gasteiger partial charge in [0.05, 0.1) is 13.2 Å². The fourth-order valence-electron chi connectivity index (χ4n) is 4.69. The first-order chi connectivity index (χ1) is 12.8. The van der Waals surface area contributed by atoms with Gasteiger partial charge in [0.25, 0.3) is 0 Å². The van der Waals surface area contributed by atoms with Crippen molar-refractivity contribution in [1.29, 1.82) is 0 Å². The Balaban J connectivity index is 1.34. The van der Waals surface area contributed by atoms with Crippen molar-refractivity contribution in [1.82, 2.24) is 14.8 Å². The van der Waals surface area contributed by atoms with Crippen LogP contribution in [0.2, 0.25) is 0 Å². The van der Waals surface area contributed by atoms with Crippen LogP contribution in [0.15, 0.2) is 6.20 Å². The average molecular weight is 381 g/mol. The summed E-state index contributed by atoms with van der Waals surface area (Å²) in [6.45, 7) is 8.14. The monoisotopic (exact) mass is 380 g/mol. The van der Waals surface area contributed by atoms with Crippen LogP contribution >= 0.6 is 11.3 Å². The zero-order valence-corrected chi connectivity index (χ0v) is 16.5. The number of hydrogen-bond acceptors (Lipinski definition) is 7. The number of aromatic nitrogens is 1. The molecule has 4 rings (SSSR count). The summed E-state index contributed by atoms with van der Waals surface area (Å²) in [5.41, 5.74) is 0. The normalized spacial score (nSPS) is 26.7. The highest BCUT2D eigenvalue weighted by Gasteiger charge is 2.33. The van der Waals surface area contributed by atoms with Crippen LogP contribution in [0.3, 0.4) is 0 Å². The Kier molecular flexibility index (Phi) is 6.43. The standard InChI is InChI=1S/C19H32N4O2S/c24-10-5-17-14-21(6-7-23(17)16-3-1-2-4-16)15-18-13-20-19(26-18)22-8-11-25-12-9-22/h13,16-17,24H,1-12,14-15H2/t17-/m0/s1. The number of rotatable bonds is 6. The smallest absolute Gasteiger partial charge is 0.185 e. The largest absolute Gasteiger partial charge is 0.396 e. The Morgan fingerprint density at radius 2 is 1.96 bits per heavy atom. The number of nitrogens with zero attached hydrogens (tertiary/aromatic N) is 4. The molecule has 6 nitrogen and oxygen atoms in total. The van der Waals surface area contributed by atoms with E-state index in [1.807, 2.05) is 11.3 Å². The second-order valence-corrected chi connectivity index (χ2v) is 8.88. The van der Waals surface area contributed by atoms with Crippen LogP contribution in [0, 0.1) is 0 Å². The molecule has 7 heteroatoms. The van der Waals surface area contributed by atoms with E-state index in [4.69, 9.17) is 4.74 Å². The number of morpholine rings is 1. The molecule has 3 heterocycles. The van der Waals surface area contributed by atoms with Gasteiger partial charge in [0, 0.05) is 69.0 Å². The van der Waals surface area contributed by atoms with Crippen LogP contribution in [0.5, 0.6) is 0 Å². The van der Waals surface area contributed by atoms with Crippen LogP contribution in [-0.4, -0.2) is 84.5 Å². The number of anilines is 1. The average Bonchev–Trinajstić information content (AvgIpc) is 3.35. The van der Waals surface area contributed by atoms with Crippen molar-refractivity contribution in [3.05, 3.63) is 11.1 Å². The van der Waals surface area contributed by atoms with Crippen molar-refractivity contribution >= 4 is 16.5 Å². The summed E-state index contributed by atoms with van der Waals surface area (Å²) in [4.78, 5) is 13.6. The Hall–Kier alpha value is -0.730. The van der Waals surface area contributed by atoms with Crippen LogP contribution in [0.1, 0.15) is 37.0 Å². The Morgan fingerprint density at radius 1 is 1.15 bits per heavy atom. The van der Waals surface area contributed by atoms with Gasteiger partial charge in [-0.1, -0.05) is 12.8 Å². The predicted molar refractivity (Wildman–Crippen MR) is 105 cm³/mol. The van der Waals surface area contributed by atoms with Gasteiger partial charge in [0.2, 0.25) is 0 Å². The van der Waals surface area contributed by atoms with E-state index in [0.717, 1.165) is 70.1 Å². The second kappa shape index (κ2) is 8.97. The van der Waals surface area contributed by atoms with Crippen molar-refractivity contribution in [2.75, 3.05) is 57.4 Å². The summed E-state index contributed by atoms with van der Waals surface area (Å²) in [5, 5.41) is 10.7. The van der Waals surface area contributed by atoms with E-state index in [9.17, 15) is 5.11 Å². The molecule has 0 unspecified atom stereocenters. The van der Waals surface area contributed by atoms with Crippen LogP contribution in [0.4, 0.5) is 5.13 Å². The van der Waals surface area contributed by atoms with Gasteiger partial charge in [0.1, 0.15) is 0 Å². The van der Waals surface area contributed by atoms with Crippen molar-refractivity contribution in [2.24, 2.45) is 0 Å². The number of hydrogen-bond donors (Lipinski definition) is 1. The van der Waals surface area contributed by atoms with E-state index in [2.05, 4.69) is 25.9 Å². The molecule has 3 aliphatic rings. The van der Waals surface area contributed by atoms with E-state index in [-0.39, 0.29) is 0 Å². The molecule has 2 saturated heterocycles. The molecule has 146 valence electrons. The molecule has 2 aliphatic heterocycles. The van der Waals surface area contributed by atoms with E-state index >= 15 is 0 Å². The second-order valence-electron chi connectivity index (χ2n) is 7.79. The molecule has 1 aromatic rings. The van der Waals surface area contributed by atoms with Crippen molar-refractivity contribution in [3.8, 4) is 0 Å². The Labute approximate surface area is 160 Å². The molecule has 1 atom stereocenters. The van der Waals surface area contributed by atoms with Gasteiger partial charge in [-0.3, -0.25) is 9.80 Å². The molecule has 1 saturated carbocycles. The summed E-state index contributed by atoms with van der Waals surface area (Å²) in [6, 6.07) is 1.26. The lowest BCUT2D eigenvalue weighted by Crippen LogP contribution is -2.55. The predicted octanol–water partition coefficient (Wildman–Crippen LogP) is 1.79. The lowest BCUT2D eigenvalue weighted by molar-refractivity contribution is 0.0271. The maximum Gasteiger partial charge on any atom is 0.185 e. The highest BCUT2D eigenvalue weighted by Crippen LogP contribution is 2.29. The number of piperazine rings is 1. The van der Waals surface area contributed by atoms with E-state index in [0.29, 0.717) is 12.6 Å². The molecular weight excluding hydrogens is 348 g/mol. The topological polar surface area (TPSA) is 52.1 Å². The van der Waals surface area contributed by atoms with Gasteiger partial charge in [-0.15, -0.1) is 11.3 Å². The molecule has 3 fully saturated rings. The number of aliphatic hydroxyl groups excluding tert-OH is 1.